The lowest BCUT2D eigenvalue weighted by atomic mass is 9.72. The van der Waals surface area contributed by atoms with E-state index in [1.54, 1.807) is 6.07 Å². The standard InChI is InChI=1S/C21H29F3N4S/c1-20(2)5-3-4-15(11-20)13-27-6-8-28(9-7-27)18-17-10-16(12-21(22,23)24)29-19(17)26-14-25-18/h10,14-15H,3-9,11-13H2,1-2H3. The first-order chi connectivity index (χ1) is 13.7. The molecule has 0 amide bonds. The summed E-state index contributed by atoms with van der Waals surface area (Å²) >= 11 is 1.12. The molecule has 1 aliphatic heterocycles. The van der Waals surface area contributed by atoms with Crippen LogP contribution in [0.1, 0.15) is 44.4 Å². The van der Waals surface area contributed by atoms with Gasteiger partial charge < -0.3 is 4.90 Å². The van der Waals surface area contributed by atoms with Gasteiger partial charge in [0.2, 0.25) is 0 Å². The highest BCUT2D eigenvalue weighted by molar-refractivity contribution is 7.18. The zero-order valence-electron chi connectivity index (χ0n) is 17.1. The Hall–Kier alpha value is -1.41. The number of rotatable bonds is 4. The van der Waals surface area contributed by atoms with E-state index in [9.17, 15) is 13.2 Å². The van der Waals surface area contributed by atoms with Gasteiger partial charge in [-0.3, -0.25) is 4.90 Å². The lowest BCUT2D eigenvalue weighted by Gasteiger charge is -2.40. The molecule has 4 rings (SSSR count). The normalized spacial score (nSPS) is 23.6. The number of hydrogen-bond acceptors (Lipinski definition) is 5. The van der Waals surface area contributed by atoms with Crippen LogP contribution < -0.4 is 4.90 Å². The van der Waals surface area contributed by atoms with Crippen molar-refractivity contribution >= 4 is 27.4 Å². The fraction of sp³-hybridized carbons (Fsp3) is 0.714. The second kappa shape index (κ2) is 8.02. The lowest BCUT2D eigenvalue weighted by molar-refractivity contribution is -0.126. The van der Waals surface area contributed by atoms with E-state index in [2.05, 4.69) is 33.6 Å². The van der Waals surface area contributed by atoms with E-state index in [0.29, 0.717) is 15.1 Å². The Labute approximate surface area is 174 Å². The molecule has 4 nitrogen and oxygen atoms in total. The molecular weight excluding hydrogens is 397 g/mol. The highest BCUT2D eigenvalue weighted by Gasteiger charge is 2.31. The van der Waals surface area contributed by atoms with Gasteiger partial charge in [-0.1, -0.05) is 20.3 Å². The summed E-state index contributed by atoms with van der Waals surface area (Å²) in [4.78, 5) is 14.3. The van der Waals surface area contributed by atoms with Crippen LogP contribution in [-0.2, 0) is 6.42 Å². The van der Waals surface area contributed by atoms with Gasteiger partial charge in [-0.15, -0.1) is 11.3 Å². The van der Waals surface area contributed by atoms with Crippen molar-refractivity contribution in [2.75, 3.05) is 37.6 Å². The van der Waals surface area contributed by atoms with Crippen LogP contribution >= 0.6 is 11.3 Å². The second-order valence-electron chi connectivity index (χ2n) is 9.34. The SMILES string of the molecule is CC1(C)CCCC(CN2CCN(c3ncnc4sc(CC(F)(F)F)cc34)CC2)C1. The van der Waals surface area contributed by atoms with Gasteiger partial charge in [-0.25, -0.2) is 9.97 Å². The van der Waals surface area contributed by atoms with Gasteiger partial charge in [0.15, 0.2) is 0 Å². The molecule has 2 aromatic heterocycles. The van der Waals surface area contributed by atoms with Crippen LogP contribution in [0.4, 0.5) is 19.0 Å². The van der Waals surface area contributed by atoms with Crippen molar-refractivity contribution < 1.29 is 13.2 Å². The summed E-state index contributed by atoms with van der Waals surface area (Å²) in [6.45, 7) is 9.57. The van der Waals surface area contributed by atoms with Crippen molar-refractivity contribution in [3.63, 3.8) is 0 Å². The van der Waals surface area contributed by atoms with E-state index in [0.717, 1.165) is 61.2 Å². The topological polar surface area (TPSA) is 32.3 Å². The second-order valence-corrected chi connectivity index (χ2v) is 10.5. The molecule has 160 valence electrons. The first-order valence-corrected chi connectivity index (χ1v) is 11.3. The molecule has 8 heteroatoms. The predicted molar refractivity (Wildman–Crippen MR) is 112 cm³/mol. The summed E-state index contributed by atoms with van der Waals surface area (Å²) in [5, 5.41) is 0.749. The van der Waals surface area contributed by atoms with E-state index in [1.165, 1.54) is 32.0 Å². The van der Waals surface area contributed by atoms with Gasteiger partial charge in [0.1, 0.15) is 17.0 Å². The Morgan fingerprint density at radius 1 is 1.17 bits per heavy atom. The average Bonchev–Trinajstić information content (AvgIpc) is 3.02. The van der Waals surface area contributed by atoms with Crippen LogP contribution in [0.15, 0.2) is 12.4 Å². The quantitative estimate of drug-likeness (QED) is 0.678. The molecule has 2 aromatic rings. The highest BCUT2D eigenvalue weighted by Crippen LogP contribution is 2.39. The maximum absolute atomic E-state index is 12.8. The largest absolute Gasteiger partial charge is 0.393 e. The van der Waals surface area contributed by atoms with Crippen LogP contribution in [-0.4, -0.2) is 53.8 Å². The molecular formula is C21H29F3N4S. The third-order valence-corrected chi connectivity index (χ3v) is 7.27. The molecule has 1 saturated heterocycles. The average molecular weight is 427 g/mol. The Kier molecular flexibility index (Phi) is 5.77. The smallest absolute Gasteiger partial charge is 0.353 e. The van der Waals surface area contributed by atoms with Gasteiger partial charge in [-0.05, 0) is 36.7 Å². The first kappa shape index (κ1) is 20.8. The van der Waals surface area contributed by atoms with Crippen LogP contribution in [0, 0.1) is 11.3 Å². The summed E-state index contributed by atoms with van der Waals surface area (Å²) < 4.78 is 38.3. The Bertz CT molecular complexity index is 840. The number of hydrogen-bond donors (Lipinski definition) is 0. The molecule has 2 fully saturated rings. The first-order valence-electron chi connectivity index (χ1n) is 10.5. The summed E-state index contributed by atoms with van der Waals surface area (Å²) in [6, 6.07) is 1.62. The maximum Gasteiger partial charge on any atom is 0.393 e. The minimum absolute atomic E-state index is 0.299. The summed E-state index contributed by atoms with van der Waals surface area (Å²) in [6.07, 6.45) is 1.66. The number of halogens is 3. The van der Waals surface area contributed by atoms with E-state index in [1.807, 2.05) is 0 Å². The molecule has 0 spiro atoms. The molecule has 1 atom stereocenters. The molecule has 1 saturated carbocycles. The van der Waals surface area contributed by atoms with Crippen molar-refractivity contribution in [3.8, 4) is 0 Å². The Morgan fingerprint density at radius 3 is 2.62 bits per heavy atom. The summed E-state index contributed by atoms with van der Waals surface area (Å²) in [5.74, 6) is 1.55. The molecule has 1 unspecified atom stereocenters. The van der Waals surface area contributed by atoms with Gasteiger partial charge >= 0.3 is 6.18 Å². The molecule has 3 heterocycles. The zero-order valence-corrected chi connectivity index (χ0v) is 18.0. The van der Waals surface area contributed by atoms with Crippen molar-refractivity contribution in [2.45, 2.75) is 52.1 Å². The monoisotopic (exact) mass is 426 g/mol. The number of nitrogens with zero attached hydrogens (tertiary/aromatic N) is 4. The predicted octanol–water partition coefficient (Wildman–Crippen LogP) is 5.13. The van der Waals surface area contributed by atoms with Crippen LogP contribution in [0.2, 0.25) is 0 Å². The van der Waals surface area contributed by atoms with Gasteiger partial charge in [0.05, 0.1) is 11.8 Å². The van der Waals surface area contributed by atoms with E-state index in [4.69, 9.17) is 0 Å². The number of alkyl halides is 3. The van der Waals surface area contributed by atoms with Crippen LogP contribution in [0.25, 0.3) is 10.2 Å². The lowest BCUT2D eigenvalue weighted by Crippen LogP contribution is -2.48. The molecule has 0 bridgehead atoms. The van der Waals surface area contributed by atoms with Crippen molar-refractivity contribution in [2.24, 2.45) is 11.3 Å². The summed E-state index contributed by atoms with van der Waals surface area (Å²) in [7, 11) is 0. The third-order valence-electron chi connectivity index (χ3n) is 6.23. The van der Waals surface area contributed by atoms with Crippen molar-refractivity contribution in [1.82, 2.24) is 14.9 Å². The number of aromatic nitrogens is 2. The van der Waals surface area contributed by atoms with Crippen molar-refractivity contribution in [1.29, 1.82) is 0 Å². The fourth-order valence-electron chi connectivity index (χ4n) is 4.95. The van der Waals surface area contributed by atoms with E-state index >= 15 is 0 Å². The van der Waals surface area contributed by atoms with Crippen LogP contribution in [0.5, 0.6) is 0 Å². The van der Waals surface area contributed by atoms with Gasteiger partial charge in [0, 0.05) is 37.6 Å². The highest BCUT2D eigenvalue weighted by atomic mass is 32.1. The number of thiophene rings is 1. The number of piperazine rings is 1. The number of anilines is 1. The third kappa shape index (κ3) is 5.20. The molecule has 0 radical (unpaired) electrons. The van der Waals surface area contributed by atoms with E-state index in [-0.39, 0.29) is 0 Å². The molecule has 2 aliphatic rings. The van der Waals surface area contributed by atoms with Crippen molar-refractivity contribution in [3.05, 3.63) is 17.3 Å². The summed E-state index contributed by atoms with van der Waals surface area (Å²) in [5.41, 5.74) is 0.463. The molecule has 29 heavy (non-hydrogen) atoms. The minimum atomic E-state index is -4.20. The van der Waals surface area contributed by atoms with Gasteiger partial charge in [-0.2, -0.15) is 13.2 Å². The van der Waals surface area contributed by atoms with E-state index < -0.39 is 12.6 Å². The maximum atomic E-state index is 12.8. The Morgan fingerprint density at radius 2 is 1.93 bits per heavy atom. The molecule has 0 aromatic carbocycles. The van der Waals surface area contributed by atoms with Gasteiger partial charge in [0.25, 0.3) is 0 Å². The molecule has 1 aliphatic carbocycles. The minimum Gasteiger partial charge on any atom is -0.353 e. The van der Waals surface area contributed by atoms with Crippen LogP contribution in [0.3, 0.4) is 0 Å². The Balaban J connectivity index is 1.40. The fourth-order valence-corrected chi connectivity index (χ4v) is 5.97. The molecule has 0 N–H and O–H groups in total. The zero-order chi connectivity index (χ0) is 20.6. The number of fused-ring (bicyclic) bond motifs is 1.